The van der Waals surface area contributed by atoms with Gasteiger partial charge in [0, 0.05) is 26.6 Å². The Hall–Kier alpha value is -2.41. The maximum absolute atomic E-state index is 12.2. The number of carbonyl (C=O) groups excluding carboxylic acids is 1. The summed E-state index contributed by atoms with van der Waals surface area (Å²) in [6.07, 6.45) is 2.89. The van der Waals surface area contributed by atoms with Crippen molar-refractivity contribution in [2.24, 2.45) is 0 Å². The number of hydrogen-bond acceptors (Lipinski definition) is 6. The normalized spacial score (nSPS) is 17.1. The fourth-order valence-electron chi connectivity index (χ4n) is 3.25. The smallest absolute Gasteiger partial charge is 0.231 e. The minimum Gasteiger partial charge on any atom is -0.493 e. The van der Waals surface area contributed by atoms with Crippen LogP contribution in [0.3, 0.4) is 0 Å². The number of benzene rings is 1. The number of piperidine rings is 1. The summed E-state index contributed by atoms with van der Waals surface area (Å²) in [7, 11) is 1.61. The van der Waals surface area contributed by atoms with Gasteiger partial charge in [-0.3, -0.25) is 4.79 Å². The zero-order valence-corrected chi connectivity index (χ0v) is 16.0. The third-order valence-corrected chi connectivity index (χ3v) is 4.71. The summed E-state index contributed by atoms with van der Waals surface area (Å²) in [5, 5.41) is 4.07. The molecule has 0 bridgehead atoms. The predicted octanol–water partition coefficient (Wildman–Crippen LogP) is 2.74. The second-order valence-corrected chi connectivity index (χ2v) is 6.89. The molecular weight excluding hydrogens is 346 g/mol. The van der Waals surface area contributed by atoms with Crippen molar-refractivity contribution in [2.75, 3.05) is 33.4 Å². The van der Waals surface area contributed by atoms with E-state index in [1.165, 1.54) is 0 Å². The van der Waals surface area contributed by atoms with Gasteiger partial charge in [-0.15, -0.1) is 0 Å². The molecule has 0 aliphatic carbocycles. The van der Waals surface area contributed by atoms with E-state index in [4.69, 9.17) is 14.0 Å². The molecule has 1 saturated heterocycles. The van der Waals surface area contributed by atoms with Crippen LogP contribution in [-0.4, -0.2) is 54.4 Å². The second kappa shape index (κ2) is 9.50. The van der Waals surface area contributed by atoms with E-state index in [1.54, 1.807) is 7.11 Å². The summed E-state index contributed by atoms with van der Waals surface area (Å²) in [5.41, 5.74) is 1.16. The van der Waals surface area contributed by atoms with Gasteiger partial charge < -0.3 is 18.9 Å². The molecule has 2 heterocycles. The number of rotatable bonds is 8. The molecule has 7 nitrogen and oxygen atoms in total. The Kier molecular flexibility index (Phi) is 6.81. The highest BCUT2D eigenvalue weighted by Crippen LogP contribution is 2.26. The van der Waals surface area contributed by atoms with Crippen LogP contribution in [0, 0.1) is 6.92 Å². The zero-order chi connectivity index (χ0) is 19.1. The first-order valence-electron chi connectivity index (χ1n) is 9.44. The lowest BCUT2D eigenvalue weighted by atomic mass is 9.97. The molecule has 27 heavy (non-hydrogen) atoms. The fraction of sp³-hybridized carbons (Fsp3) is 0.550. The first kappa shape index (κ1) is 19.4. The number of methoxy groups -OCH3 is 1. The van der Waals surface area contributed by atoms with E-state index in [0.717, 1.165) is 30.7 Å². The van der Waals surface area contributed by atoms with Crippen molar-refractivity contribution in [3.63, 3.8) is 0 Å². The van der Waals surface area contributed by atoms with Crippen LogP contribution in [0.5, 0.6) is 5.75 Å². The predicted molar refractivity (Wildman–Crippen MR) is 99.7 cm³/mol. The van der Waals surface area contributed by atoms with Gasteiger partial charge in [-0.2, -0.15) is 4.98 Å². The summed E-state index contributed by atoms with van der Waals surface area (Å²) in [4.78, 5) is 18.6. The van der Waals surface area contributed by atoms with Crippen LogP contribution < -0.4 is 4.74 Å². The maximum atomic E-state index is 12.2. The summed E-state index contributed by atoms with van der Waals surface area (Å²) in [5.74, 6) is 2.32. The lowest BCUT2D eigenvalue weighted by molar-refractivity contribution is -0.133. The van der Waals surface area contributed by atoms with E-state index < -0.39 is 0 Å². The van der Waals surface area contributed by atoms with Crippen LogP contribution in [0.25, 0.3) is 0 Å². The number of aromatic nitrogens is 2. The molecule has 0 radical (unpaired) electrons. The summed E-state index contributed by atoms with van der Waals surface area (Å²) >= 11 is 0. The largest absolute Gasteiger partial charge is 0.493 e. The molecule has 7 heteroatoms. The Morgan fingerprint density at radius 1 is 1.37 bits per heavy atom. The topological polar surface area (TPSA) is 77.7 Å². The molecule has 2 aromatic rings. The minimum absolute atomic E-state index is 0.101. The van der Waals surface area contributed by atoms with Crippen LogP contribution in [0.2, 0.25) is 0 Å². The number of amides is 1. The molecule has 0 spiro atoms. The highest BCUT2D eigenvalue weighted by Gasteiger charge is 2.28. The van der Waals surface area contributed by atoms with Crippen molar-refractivity contribution < 1.29 is 18.8 Å². The molecule has 1 aromatic carbocycles. The Morgan fingerprint density at radius 3 is 3.07 bits per heavy atom. The highest BCUT2D eigenvalue weighted by molar-refractivity contribution is 5.76. The quantitative estimate of drug-likeness (QED) is 0.708. The van der Waals surface area contributed by atoms with E-state index in [-0.39, 0.29) is 11.8 Å². The van der Waals surface area contributed by atoms with Gasteiger partial charge in [0.05, 0.1) is 25.6 Å². The Balaban J connectivity index is 1.50. The molecule has 1 unspecified atom stereocenters. The number of carbonyl (C=O) groups is 1. The molecular formula is C20H27N3O4. The zero-order valence-electron chi connectivity index (χ0n) is 16.0. The average Bonchev–Trinajstić information content (AvgIpc) is 3.15. The number of ether oxygens (including phenoxy) is 2. The van der Waals surface area contributed by atoms with Gasteiger partial charge in [-0.1, -0.05) is 17.3 Å². The van der Waals surface area contributed by atoms with Crippen molar-refractivity contribution in [2.45, 2.75) is 38.5 Å². The molecule has 1 aromatic heterocycles. The van der Waals surface area contributed by atoms with Crippen LogP contribution in [-0.2, 0) is 16.0 Å². The number of hydrogen-bond donors (Lipinski definition) is 0. The van der Waals surface area contributed by atoms with Gasteiger partial charge in [0.2, 0.25) is 11.8 Å². The van der Waals surface area contributed by atoms with Crippen LogP contribution in [0.15, 0.2) is 28.8 Å². The minimum atomic E-state index is 0.101. The standard InChI is InChI=1S/C20H27N3O4/c1-15-5-3-7-17(13-15)26-12-8-18-21-20(27-22-18)16-6-4-10-23(14-16)19(24)9-11-25-2/h3,5,7,13,16H,4,6,8-12,14H2,1-2H3. The second-order valence-electron chi connectivity index (χ2n) is 6.89. The molecule has 1 aliphatic heterocycles. The van der Waals surface area contributed by atoms with E-state index >= 15 is 0 Å². The number of aryl methyl sites for hydroxylation is 1. The van der Waals surface area contributed by atoms with Gasteiger partial charge in [0.15, 0.2) is 5.82 Å². The Bertz CT molecular complexity index is 746. The number of likely N-dealkylation sites (tertiary alicyclic amines) is 1. The van der Waals surface area contributed by atoms with Gasteiger partial charge in [-0.05, 0) is 37.5 Å². The van der Waals surface area contributed by atoms with Gasteiger partial charge >= 0.3 is 0 Å². The molecule has 3 rings (SSSR count). The summed E-state index contributed by atoms with van der Waals surface area (Å²) in [6, 6.07) is 7.94. The molecule has 1 aliphatic rings. The highest BCUT2D eigenvalue weighted by atomic mass is 16.5. The average molecular weight is 373 g/mol. The monoisotopic (exact) mass is 373 g/mol. The molecule has 1 fully saturated rings. The van der Waals surface area contributed by atoms with E-state index in [9.17, 15) is 4.79 Å². The van der Waals surface area contributed by atoms with Crippen molar-refractivity contribution >= 4 is 5.91 Å². The molecule has 0 saturated carbocycles. The molecule has 1 amide bonds. The van der Waals surface area contributed by atoms with Crippen LogP contribution >= 0.6 is 0 Å². The summed E-state index contributed by atoms with van der Waals surface area (Å²) in [6.45, 7) is 4.39. The van der Waals surface area contributed by atoms with E-state index in [1.807, 2.05) is 36.1 Å². The van der Waals surface area contributed by atoms with E-state index in [0.29, 0.717) is 44.3 Å². The van der Waals surface area contributed by atoms with Crippen molar-refractivity contribution in [1.29, 1.82) is 0 Å². The van der Waals surface area contributed by atoms with Crippen molar-refractivity contribution in [1.82, 2.24) is 15.0 Å². The molecule has 0 N–H and O–H groups in total. The first-order valence-corrected chi connectivity index (χ1v) is 9.44. The van der Waals surface area contributed by atoms with Gasteiger partial charge in [0.1, 0.15) is 5.75 Å². The SMILES string of the molecule is COCCC(=O)N1CCCC(c2nc(CCOc3cccc(C)c3)no2)C1. The van der Waals surface area contributed by atoms with Gasteiger partial charge in [0.25, 0.3) is 0 Å². The molecule has 1 atom stereocenters. The van der Waals surface area contributed by atoms with Crippen molar-refractivity contribution in [3.05, 3.63) is 41.5 Å². The fourth-order valence-corrected chi connectivity index (χ4v) is 3.25. The third-order valence-electron chi connectivity index (χ3n) is 4.71. The Labute approximate surface area is 159 Å². The Morgan fingerprint density at radius 2 is 2.26 bits per heavy atom. The number of nitrogens with zero attached hydrogens (tertiary/aromatic N) is 3. The van der Waals surface area contributed by atoms with Gasteiger partial charge in [-0.25, -0.2) is 0 Å². The molecule has 146 valence electrons. The lowest BCUT2D eigenvalue weighted by Crippen LogP contribution is -2.39. The first-order chi connectivity index (χ1) is 13.2. The van der Waals surface area contributed by atoms with E-state index in [2.05, 4.69) is 10.1 Å². The van der Waals surface area contributed by atoms with Crippen LogP contribution in [0.1, 0.15) is 42.5 Å². The lowest BCUT2D eigenvalue weighted by Gasteiger charge is -2.31. The maximum Gasteiger partial charge on any atom is 0.231 e. The third kappa shape index (κ3) is 5.53. The van der Waals surface area contributed by atoms with Crippen molar-refractivity contribution in [3.8, 4) is 5.75 Å². The van der Waals surface area contributed by atoms with Crippen LogP contribution in [0.4, 0.5) is 0 Å². The summed E-state index contributed by atoms with van der Waals surface area (Å²) < 4.78 is 16.2.